The van der Waals surface area contributed by atoms with E-state index in [0.717, 1.165) is 11.6 Å². The van der Waals surface area contributed by atoms with Crippen LogP contribution in [0.3, 0.4) is 0 Å². The van der Waals surface area contributed by atoms with Crippen LogP contribution in [0, 0.1) is 31.0 Å². The lowest BCUT2D eigenvalue weighted by Gasteiger charge is -2.06. The lowest BCUT2D eigenvalue weighted by molar-refractivity contribution is 0.0976. The van der Waals surface area contributed by atoms with E-state index in [4.69, 9.17) is 0 Å². The molecule has 1 aromatic carbocycles. The number of aromatic nitrogens is 3. The fourth-order valence-corrected chi connectivity index (χ4v) is 2.35. The predicted molar refractivity (Wildman–Crippen MR) is 82.4 cm³/mol. The molecular weight excluding hydrogens is 295 g/mol. The summed E-state index contributed by atoms with van der Waals surface area (Å²) < 4.78 is 13.7. The number of H-pyrrole nitrogens is 1. The predicted octanol–water partition coefficient (Wildman–Crippen LogP) is 3.20. The van der Waals surface area contributed by atoms with Gasteiger partial charge in [0, 0.05) is 11.8 Å². The van der Waals surface area contributed by atoms with Crippen molar-refractivity contribution in [1.29, 1.82) is 5.26 Å². The van der Waals surface area contributed by atoms with Crippen LogP contribution in [0.4, 0.5) is 4.39 Å². The van der Waals surface area contributed by atoms with Crippen LogP contribution in [0.15, 0.2) is 30.5 Å². The Labute approximate surface area is 131 Å². The van der Waals surface area contributed by atoms with Crippen LogP contribution in [0.2, 0.25) is 0 Å². The number of aromatic amines is 1. The minimum absolute atomic E-state index is 0.143. The molecule has 0 spiro atoms. The monoisotopic (exact) mass is 308 g/mol. The molecule has 0 aliphatic rings. The Balaban J connectivity index is 2.04. The standard InChI is InChI=1S/C17H13FN4O/c1-9-3-4-11(7-13(9)18)15(23)12(8-19)16-21-14-10(2)5-6-20-17(14)22-16/h3-7,12H,1-2H3,(H,20,21,22)/t12-/m1/s1. The number of nitrogens with zero attached hydrogens (tertiary/aromatic N) is 3. The number of rotatable bonds is 3. The van der Waals surface area contributed by atoms with Crippen molar-refractivity contribution in [1.82, 2.24) is 15.0 Å². The van der Waals surface area contributed by atoms with Gasteiger partial charge in [0.05, 0.1) is 11.6 Å². The maximum absolute atomic E-state index is 13.7. The maximum atomic E-state index is 13.7. The van der Waals surface area contributed by atoms with E-state index in [0.29, 0.717) is 16.7 Å². The van der Waals surface area contributed by atoms with Gasteiger partial charge in [0.15, 0.2) is 17.3 Å². The SMILES string of the molecule is Cc1ccc(C(=O)[C@@H](C#N)c2nc3nccc(C)c3[nH]2)cc1F. The van der Waals surface area contributed by atoms with Gasteiger partial charge in [-0.1, -0.05) is 12.1 Å². The molecule has 0 bridgehead atoms. The van der Waals surface area contributed by atoms with Gasteiger partial charge < -0.3 is 4.98 Å². The van der Waals surface area contributed by atoms with Crippen molar-refractivity contribution in [3.63, 3.8) is 0 Å². The summed E-state index contributed by atoms with van der Waals surface area (Å²) in [6.45, 7) is 3.49. The number of Topliss-reactive ketones (excluding diaryl/α,β-unsaturated/α-hetero) is 1. The third-order valence-corrected chi connectivity index (χ3v) is 3.74. The second-order valence-corrected chi connectivity index (χ2v) is 5.34. The van der Waals surface area contributed by atoms with Crippen molar-refractivity contribution < 1.29 is 9.18 Å². The van der Waals surface area contributed by atoms with Gasteiger partial charge in [-0.25, -0.2) is 14.4 Å². The Hall–Kier alpha value is -3.07. The molecule has 1 atom stereocenters. The third kappa shape index (κ3) is 2.57. The van der Waals surface area contributed by atoms with Crippen LogP contribution in [0.5, 0.6) is 0 Å². The van der Waals surface area contributed by atoms with Gasteiger partial charge in [0.25, 0.3) is 0 Å². The van der Waals surface area contributed by atoms with Gasteiger partial charge in [-0.2, -0.15) is 5.26 Å². The van der Waals surface area contributed by atoms with Gasteiger partial charge in [-0.05, 0) is 37.1 Å². The lowest BCUT2D eigenvalue weighted by atomic mass is 9.97. The molecule has 0 amide bonds. The minimum atomic E-state index is -1.13. The Kier molecular flexibility index (Phi) is 3.62. The van der Waals surface area contributed by atoms with Crippen LogP contribution in [-0.2, 0) is 0 Å². The van der Waals surface area contributed by atoms with Crippen LogP contribution >= 0.6 is 0 Å². The molecular formula is C17H13FN4O. The largest absolute Gasteiger partial charge is 0.339 e. The van der Waals surface area contributed by atoms with Crippen molar-refractivity contribution in [3.8, 4) is 6.07 Å². The van der Waals surface area contributed by atoms with E-state index in [1.807, 2.05) is 19.1 Å². The molecule has 0 saturated carbocycles. The van der Waals surface area contributed by atoms with E-state index >= 15 is 0 Å². The van der Waals surface area contributed by atoms with Crippen LogP contribution in [0.25, 0.3) is 11.2 Å². The number of imidazole rings is 1. The Morgan fingerprint density at radius 3 is 2.74 bits per heavy atom. The topological polar surface area (TPSA) is 82.4 Å². The first kappa shape index (κ1) is 14.9. The number of carbonyl (C=O) groups is 1. The minimum Gasteiger partial charge on any atom is -0.339 e. The Bertz CT molecular complexity index is 955. The number of ketones is 1. The third-order valence-electron chi connectivity index (χ3n) is 3.74. The average molecular weight is 308 g/mol. The Morgan fingerprint density at radius 2 is 2.09 bits per heavy atom. The van der Waals surface area contributed by atoms with E-state index < -0.39 is 17.5 Å². The highest BCUT2D eigenvalue weighted by Gasteiger charge is 2.26. The second kappa shape index (κ2) is 5.61. The molecule has 3 rings (SSSR count). The lowest BCUT2D eigenvalue weighted by Crippen LogP contribution is -2.13. The highest BCUT2D eigenvalue weighted by Crippen LogP contribution is 2.22. The van der Waals surface area contributed by atoms with Crippen LogP contribution in [0.1, 0.15) is 33.2 Å². The van der Waals surface area contributed by atoms with Crippen molar-refractivity contribution in [3.05, 3.63) is 58.8 Å². The van der Waals surface area contributed by atoms with Crippen LogP contribution in [-0.4, -0.2) is 20.7 Å². The first-order valence-electron chi connectivity index (χ1n) is 7.02. The summed E-state index contributed by atoms with van der Waals surface area (Å²) >= 11 is 0. The molecule has 0 saturated heterocycles. The van der Waals surface area contributed by atoms with Gasteiger partial charge in [-0.3, -0.25) is 4.79 Å². The van der Waals surface area contributed by atoms with Gasteiger partial charge in [-0.15, -0.1) is 0 Å². The molecule has 0 aliphatic carbocycles. The Morgan fingerprint density at radius 1 is 1.30 bits per heavy atom. The van der Waals surface area contributed by atoms with E-state index in [2.05, 4.69) is 15.0 Å². The summed E-state index contributed by atoms with van der Waals surface area (Å²) in [6, 6.07) is 7.92. The summed E-state index contributed by atoms with van der Waals surface area (Å²) in [6.07, 6.45) is 1.61. The average Bonchev–Trinajstić information content (AvgIpc) is 2.96. The zero-order valence-corrected chi connectivity index (χ0v) is 12.6. The highest BCUT2D eigenvalue weighted by atomic mass is 19.1. The molecule has 0 unspecified atom stereocenters. The van der Waals surface area contributed by atoms with Crippen molar-refractivity contribution in [2.24, 2.45) is 0 Å². The number of benzene rings is 1. The van der Waals surface area contributed by atoms with Crippen molar-refractivity contribution >= 4 is 16.9 Å². The van der Waals surface area contributed by atoms with Crippen molar-refractivity contribution in [2.75, 3.05) is 0 Å². The molecule has 2 aromatic heterocycles. The number of pyridine rings is 1. The summed E-state index contributed by atoms with van der Waals surface area (Å²) in [5.41, 5.74) is 2.64. The number of hydrogen-bond donors (Lipinski definition) is 1. The smallest absolute Gasteiger partial charge is 0.187 e. The molecule has 0 fully saturated rings. The molecule has 0 aliphatic heterocycles. The van der Waals surface area contributed by atoms with Crippen molar-refractivity contribution in [2.45, 2.75) is 19.8 Å². The molecule has 0 radical (unpaired) electrons. The van der Waals surface area contributed by atoms with E-state index in [-0.39, 0.29) is 11.4 Å². The first-order valence-corrected chi connectivity index (χ1v) is 7.02. The fourth-order valence-electron chi connectivity index (χ4n) is 2.35. The van der Waals surface area contributed by atoms with E-state index in [1.54, 1.807) is 13.1 Å². The summed E-state index contributed by atoms with van der Waals surface area (Å²) in [7, 11) is 0. The second-order valence-electron chi connectivity index (χ2n) is 5.34. The normalized spacial score (nSPS) is 12.1. The number of hydrogen-bond acceptors (Lipinski definition) is 4. The molecule has 3 aromatic rings. The zero-order valence-electron chi connectivity index (χ0n) is 12.6. The molecule has 5 nitrogen and oxygen atoms in total. The summed E-state index contributed by atoms with van der Waals surface area (Å²) in [4.78, 5) is 23.9. The number of carbonyl (C=O) groups excluding carboxylic acids is 1. The van der Waals surface area contributed by atoms with Gasteiger partial charge in [0.1, 0.15) is 11.6 Å². The van der Waals surface area contributed by atoms with Gasteiger partial charge >= 0.3 is 0 Å². The maximum Gasteiger partial charge on any atom is 0.187 e. The molecule has 6 heteroatoms. The number of aryl methyl sites for hydroxylation is 2. The number of nitriles is 1. The number of fused-ring (bicyclic) bond motifs is 1. The first-order chi connectivity index (χ1) is 11.0. The van der Waals surface area contributed by atoms with Gasteiger partial charge in [0.2, 0.25) is 0 Å². The molecule has 1 N–H and O–H groups in total. The highest BCUT2D eigenvalue weighted by molar-refractivity contribution is 6.02. The van der Waals surface area contributed by atoms with E-state index in [9.17, 15) is 14.4 Å². The molecule has 23 heavy (non-hydrogen) atoms. The van der Waals surface area contributed by atoms with E-state index in [1.165, 1.54) is 12.1 Å². The molecule has 2 heterocycles. The number of halogens is 1. The quantitative estimate of drug-likeness (QED) is 0.753. The summed E-state index contributed by atoms with van der Waals surface area (Å²) in [5.74, 6) is -1.89. The fraction of sp³-hybridized carbons (Fsp3) is 0.176. The molecule has 114 valence electrons. The zero-order chi connectivity index (χ0) is 16.6. The van der Waals surface area contributed by atoms with Crippen LogP contribution < -0.4 is 0 Å². The number of nitrogens with one attached hydrogen (secondary N) is 1. The summed E-state index contributed by atoms with van der Waals surface area (Å²) in [5, 5.41) is 9.38.